The van der Waals surface area contributed by atoms with Gasteiger partial charge in [0.2, 0.25) is 0 Å². The van der Waals surface area contributed by atoms with E-state index in [-0.39, 0.29) is 17.7 Å². The first-order valence-electron chi connectivity index (χ1n) is 5.65. The van der Waals surface area contributed by atoms with Crippen molar-refractivity contribution in [3.8, 4) is 0 Å². The molecule has 4 heteroatoms. The summed E-state index contributed by atoms with van der Waals surface area (Å²) in [5.41, 5.74) is -0.974. The van der Waals surface area contributed by atoms with Crippen LogP contribution in [-0.4, -0.2) is 36.4 Å². The summed E-state index contributed by atoms with van der Waals surface area (Å²) in [6.07, 6.45) is 1.25. The Morgan fingerprint density at radius 1 is 1.40 bits per heavy atom. The van der Waals surface area contributed by atoms with Crippen LogP contribution >= 0.6 is 0 Å². The van der Waals surface area contributed by atoms with Gasteiger partial charge in [0.15, 0.2) is 0 Å². The van der Waals surface area contributed by atoms with Crippen molar-refractivity contribution in [1.82, 2.24) is 0 Å². The molecule has 1 saturated heterocycles. The molecular formula is C11H24O3Si. The summed E-state index contributed by atoms with van der Waals surface area (Å²) in [7, 11) is -1.93. The molecule has 0 aromatic rings. The standard InChI is InChI=1S/C11H24O3Si/c1-10(2,3)15(4,5)11(13)7-6-9(8-12)14-11/h9,12-13H,6-8H2,1-5H3/t9-,11?/m0/s1. The predicted octanol–water partition coefficient (Wildman–Crippen LogP) is 1.89. The van der Waals surface area contributed by atoms with E-state index in [1.54, 1.807) is 0 Å². The van der Waals surface area contributed by atoms with E-state index in [4.69, 9.17) is 9.84 Å². The van der Waals surface area contributed by atoms with Crippen LogP contribution in [0.5, 0.6) is 0 Å². The molecule has 90 valence electrons. The van der Waals surface area contributed by atoms with Gasteiger partial charge in [-0.1, -0.05) is 33.9 Å². The summed E-state index contributed by atoms with van der Waals surface area (Å²) < 4.78 is 5.66. The maximum Gasteiger partial charge on any atom is 0.149 e. The van der Waals surface area contributed by atoms with Gasteiger partial charge >= 0.3 is 0 Å². The third kappa shape index (κ3) is 2.13. The van der Waals surface area contributed by atoms with Crippen LogP contribution in [0.25, 0.3) is 0 Å². The van der Waals surface area contributed by atoms with Crippen LogP contribution in [-0.2, 0) is 4.74 Å². The van der Waals surface area contributed by atoms with Crippen molar-refractivity contribution < 1.29 is 14.9 Å². The van der Waals surface area contributed by atoms with Gasteiger partial charge in [0.1, 0.15) is 13.5 Å². The lowest BCUT2D eigenvalue weighted by molar-refractivity contribution is -0.146. The fourth-order valence-electron chi connectivity index (χ4n) is 1.92. The van der Waals surface area contributed by atoms with Gasteiger partial charge in [-0.2, -0.15) is 0 Å². The van der Waals surface area contributed by atoms with Gasteiger partial charge in [-0.3, -0.25) is 0 Å². The van der Waals surface area contributed by atoms with Crippen molar-refractivity contribution in [3.63, 3.8) is 0 Å². The molecule has 0 saturated carbocycles. The van der Waals surface area contributed by atoms with Crippen molar-refractivity contribution in [1.29, 1.82) is 0 Å². The number of hydrogen-bond acceptors (Lipinski definition) is 3. The Balaban J connectivity index is 2.88. The van der Waals surface area contributed by atoms with Crippen molar-refractivity contribution in [2.24, 2.45) is 0 Å². The van der Waals surface area contributed by atoms with Crippen LogP contribution in [0.1, 0.15) is 33.6 Å². The molecule has 15 heavy (non-hydrogen) atoms. The van der Waals surface area contributed by atoms with Gasteiger partial charge < -0.3 is 14.9 Å². The van der Waals surface area contributed by atoms with E-state index < -0.39 is 13.5 Å². The minimum absolute atomic E-state index is 0.0108. The van der Waals surface area contributed by atoms with Crippen molar-refractivity contribution in [3.05, 3.63) is 0 Å². The second-order valence-corrected chi connectivity index (χ2v) is 11.7. The van der Waals surface area contributed by atoms with Crippen LogP contribution in [0, 0.1) is 0 Å². The molecule has 0 spiro atoms. The van der Waals surface area contributed by atoms with Gasteiger partial charge in [0.25, 0.3) is 0 Å². The van der Waals surface area contributed by atoms with Crippen LogP contribution in [0.4, 0.5) is 0 Å². The highest BCUT2D eigenvalue weighted by atomic mass is 28.3. The van der Waals surface area contributed by atoms with E-state index in [0.29, 0.717) is 6.42 Å². The second-order valence-electron chi connectivity index (χ2n) is 6.12. The quantitative estimate of drug-likeness (QED) is 0.715. The number of rotatable bonds is 2. The Morgan fingerprint density at radius 2 is 1.93 bits per heavy atom. The molecule has 1 unspecified atom stereocenters. The van der Waals surface area contributed by atoms with E-state index >= 15 is 0 Å². The molecule has 2 atom stereocenters. The third-order valence-electron chi connectivity index (χ3n) is 4.22. The lowest BCUT2D eigenvalue weighted by Gasteiger charge is -2.46. The number of hydrogen-bond donors (Lipinski definition) is 2. The molecule has 0 radical (unpaired) electrons. The number of aliphatic hydroxyl groups excluding tert-OH is 1. The van der Waals surface area contributed by atoms with Crippen LogP contribution in [0.3, 0.4) is 0 Å². The van der Waals surface area contributed by atoms with E-state index in [0.717, 1.165) is 6.42 Å². The maximum absolute atomic E-state index is 10.6. The first-order chi connectivity index (χ1) is 6.64. The molecule has 0 amide bonds. The van der Waals surface area contributed by atoms with Crippen molar-refractivity contribution in [2.75, 3.05) is 6.61 Å². The van der Waals surface area contributed by atoms with Gasteiger partial charge in [0, 0.05) is 0 Å². The van der Waals surface area contributed by atoms with Crippen molar-refractivity contribution >= 4 is 8.07 Å². The average Bonchev–Trinajstić information content (AvgIpc) is 2.47. The summed E-state index contributed by atoms with van der Waals surface area (Å²) in [5.74, 6) is 0. The lowest BCUT2D eigenvalue weighted by Crippen LogP contribution is -2.59. The fraction of sp³-hybridized carbons (Fsp3) is 1.00. The Bertz CT molecular complexity index is 234. The molecule has 1 aliphatic rings. The molecule has 0 bridgehead atoms. The summed E-state index contributed by atoms with van der Waals surface area (Å²) in [4.78, 5) is 0. The molecule has 3 nitrogen and oxygen atoms in total. The van der Waals surface area contributed by atoms with Crippen LogP contribution < -0.4 is 0 Å². The molecule has 0 aromatic heterocycles. The minimum Gasteiger partial charge on any atom is -0.394 e. The Morgan fingerprint density at radius 3 is 2.27 bits per heavy atom. The number of ether oxygens (including phenoxy) is 1. The molecule has 0 aliphatic carbocycles. The van der Waals surface area contributed by atoms with Gasteiger partial charge in [0.05, 0.1) is 12.7 Å². The zero-order valence-corrected chi connectivity index (χ0v) is 11.5. The number of aliphatic hydroxyl groups is 2. The van der Waals surface area contributed by atoms with Crippen LogP contribution in [0.2, 0.25) is 18.1 Å². The summed E-state index contributed by atoms with van der Waals surface area (Å²) in [6.45, 7) is 10.8. The van der Waals surface area contributed by atoms with E-state index in [1.165, 1.54) is 0 Å². The first kappa shape index (κ1) is 13.2. The Kier molecular flexibility index (Phi) is 3.37. The second kappa shape index (κ2) is 3.84. The maximum atomic E-state index is 10.6. The third-order valence-corrected chi connectivity index (χ3v) is 10.3. The zero-order chi connectivity index (χ0) is 11.9. The summed E-state index contributed by atoms with van der Waals surface area (Å²) >= 11 is 0. The topological polar surface area (TPSA) is 49.7 Å². The SMILES string of the molecule is CC(C)(C)[Si](C)(C)C1(O)CC[C@@H](CO)O1. The summed E-state index contributed by atoms with van der Waals surface area (Å²) in [6, 6.07) is 0. The molecule has 0 aromatic carbocycles. The smallest absolute Gasteiger partial charge is 0.149 e. The normalized spacial score (nSPS) is 33.4. The fourth-order valence-corrected chi connectivity index (χ4v) is 4.33. The highest BCUT2D eigenvalue weighted by Crippen LogP contribution is 2.47. The molecular weight excluding hydrogens is 208 g/mol. The van der Waals surface area contributed by atoms with E-state index in [2.05, 4.69) is 33.9 Å². The van der Waals surface area contributed by atoms with Gasteiger partial charge in [-0.15, -0.1) is 0 Å². The average molecular weight is 232 g/mol. The van der Waals surface area contributed by atoms with Gasteiger partial charge in [-0.25, -0.2) is 0 Å². The highest BCUT2D eigenvalue weighted by Gasteiger charge is 2.56. The van der Waals surface area contributed by atoms with Crippen LogP contribution in [0.15, 0.2) is 0 Å². The molecule has 1 rings (SSSR count). The van der Waals surface area contributed by atoms with E-state index in [9.17, 15) is 5.11 Å². The Labute approximate surface area is 93.5 Å². The largest absolute Gasteiger partial charge is 0.394 e. The first-order valence-corrected chi connectivity index (χ1v) is 8.65. The van der Waals surface area contributed by atoms with E-state index in [1.807, 2.05) is 0 Å². The molecule has 1 heterocycles. The van der Waals surface area contributed by atoms with Gasteiger partial charge in [-0.05, 0) is 17.9 Å². The molecule has 2 N–H and O–H groups in total. The highest BCUT2D eigenvalue weighted by molar-refractivity contribution is 6.82. The van der Waals surface area contributed by atoms with Crippen molar-refractivity contribution in [2.45, 2.75) is 63.3 Å². The molecule has 1 fully saturated rings. The zero-order valence-electron chi connectivity index (χ0n) is 10.5. The molecule has 1 aliphatic heterocycles. The lowest BCUT2D eigenvalue weighted by atomic mass is 10.2. The summed E-state index contributed by atoms with van der Waals surface area (Å²) in [5, 5.41) is 19.7. The Hall–Kier alpha value is 0.0969. The minimum atomic E-state index is -1.93. The predicted molar refractivity (Wildman–Crippen MR) is 63.3 cm³/mol. The monoisotopic (exact) mass is 232 g/mol.